The van der Waals surface area contributed by atoms with Crippen LogP contribution in [-0.4, -0.2) is 36.5 Å². The quantitative estimate of drug-likeness (QED) is 0.922. The average molecular weight is 315 g/mol. The molecule has 0 aliphatic carbocycles. The van der Waals surface area contributed by atoms with Gasteiger partial charge in [-0.05, 0) is 49.4 Å². The summed E-state index contributed by atoms with van der Waals surface area (Å²) in [4.78, 5) is 15.2. The van der Waals surface area contributed by atoms with E-state index in [2.05, 4.69) is 10.2 Å². The number of halogens is 1. The van der Waals surface area contributed by atoms with Crippen LogP contribution in [0.2, 0.25) is 5.02 Å². The molecule has 3 nitrogen and oxygen atoms in total. The Balaban J connectivity index is 1.62. The number of piperidine rings is 3. The lowest BCUT2D eigenvalue weighted by molar-refractivity contribution is 0.0621. The van der Waals surface area contributed by atoms with Crippen molar-refractivity contribution in [2.24, 2.45) is 5.92 Å². The highest BCUT2D eigenvalue weighted by molar-refractivity contribution is 6.36. The summed E-state index contributed by atoms with van der Waals surface area (Å²) < 4.78 is 0. The number of fused-ring (bicyclic) bond motifs is 4. The molecular formula is C18H19ClN2O. The van der Waals surface area contributed by atoms with Crippen LogP contribution in [0.5, 0.6) is 0 Å². The minimum atomic E-state index is 0.0200. The number of nitrogens with one attached hydrogen (secondary N) is 1. The molecule has 114 valence electrons. The number of hydrogen-bond donors (Lipinski definition) is 1. The smallest absolute Gasteiger partial charge is 0.252 e. The number of hydrogen-bond acceptors (Lipinski definition) is 2. The Labute approximate surface area is 135 Å². The van der Waals surface area contributed by atoms with Gasteiger partial charge in [0.25, 0.3) is 5.91 Å². The number of amides is 1. The van der Waals surface area contributed by atoms with Crippen LogP contribution < -0.4 is 5.32 Å². The van der Waals surface area contributed by atoms with Crippen LogP contribution in [0.15, 0.2) is 36.4 Å². The van der Waals surface area contributed by atoms with Gasteiger partial charge in [0.2, 0.25) is 0 Å². The van der Waals surface area contributed by atoms with Crippen molar-refractivity contribution in [2.75, 3.05) is 19.6 Å². The number of carbonyl (C=O) groups is 1. The molecule has 5 rings (SSSR count). The van der Waals surface area contributed by atoms with E-state index in [-0.39, 0.29) is 11.9 Å². The zero-order valence-corrected chi connectivity index (χ0v) is 13.1. The zero-order valence-electron chi connectivity index (χ0n) is 12.4. The van der Waals surface area contributed by atoms with E-state index in [1.807, 2.05) is 36.4 Å². The van der Waals surface area contributed by atoms with Crippen LogP contribution >= 0.6 is 11.6 Å². The van der Waals surface area contributed by atoms with Gasteiger partial charge in [-0.15, -0.1) is 0 Å². The number of nitrogens with zero attached hydrogens (tertiary/aromatic N) is 1. The van der Waals surface area contributed by atoms with Gasteiger partial charge in [-0.3, -0.25) is 4.79 Å². The van der Waals surface area contributed by atoms with Gasteiger partial charge < -0.3 is 10.2 Å². The SMILES string of the molecule is O=C(NC1CN2CCC1CC2)c1cccc2c(Cl)cccc12. The van der Waals surface area contributed by atoms with E-state index >= 15 is 0 Å². The van der Waals surface area contributed by atoms with Crippen molar-refractivity contribution < 1.29 is 4.79 Å². The fourth-order valence-electron chi connectivity index (χ4n) is 3.84. The molecule has 0 spiro atoms. The highest BCUT2D eigenvalue weighted by Crippen LogP contribution is 2.29. The summed E-state index contributed by atoms with van der Waals surface area (Å²) in [5.41, 5.74) is 0.719. The van der Waals surface area contributed by atoms with Crippen LogP contribution in [0, 0.1) is 5.92 Å². The molecule has 3 heterocycles. The van der Waals surface area contributed by atoms with Crippen LogP contribution in [0.4, 0.5) is 0 Å². The minimum absolute atomic E-state index is 0.0200. The lowest BCUT2D eigenvalue weighted by Crippen LogP contribution is -2.57. The monoisotopic (exact) mass is 314 g/mol. The van der Waals surface area contributed by atoms with Gasteiger partial charge in [-0.1, -0.05) is 35.9 Å². The molecule has 1 unspecified atom stereocenters. The number of benzene rings is 2. The standard InChI is InChI=1S/C18H19ClN2O/c19-16-6-2-3-13-14(16)4-1-5-15(13)18(22)20-17-11-21-9-7-12(17)8-10-21/h1-6,12,17H,7-11H2,(H,20,22). The Morgan fingerprint density at radius 1 is 1.09 bits per heavy atom. The van der Waals surface area contributed by atoms with Gasteiger partial charge in [-0.2, -0.15) is 0 Å². The molecule has 1 amide bonds. The molecule has 4 heteroatoms. The van der Waals surface area contributed by atoms with Crippen molar-refractivity contribution in [3.05, 3.63) is 47.0 Å². The van der Waals surface area contributed by atoms with E-state index < -0.39 is 0 Å². The topological polar surface area (TPSA) is 32.3 Å². The molecule has 0 saturated carbocycles. The van der Waals surface area contributed by atoms with Crippen molar-refractivity contribution in [1.29, 1.82) is 0 Å². The summed E-state index contributed by atoms with van der Waals surface area (Å²) >= 11 is 6.24. The zero-order chi connectivity index (χ0) is 15.1. The minimum Gasteiger partial charge on any atom is -0.348 e. The summed E-state index contributed by atoms with van der Waals surface area (Å²) in [5, 5.41) is 5.80. The molecule has 2 bridgehead atoms. The predicted molar refractivity (Wildman–Crippen MR) is 89.4 cm³/mol. The molecule has 22 heavy (non-hydrogen) atoms. The summed E-state index contributed by atoms with van der Waals surface area (Å²) in [6.45, 7) is 3.35. The summed E-state index contributed by atoms with van der Waals surface area (Å²) in [6, 6.07) is 11.8. The average Bonchev–Trinajstić information content (AvgIpc) is 2.56. The van der Waals surface area contributed by atoms with E-state index in [0.717, 1.165) is 22.9 Å². The third-order valence-corrected chi connectivity index (χ3v) is 5.42. The molecule has 1 N–H and O–H groups in total. The van der Waals surface area contributed by atoms with Crippen LogP contribution in [0.3, 0.4) is 0 Å². The Hall–Kier alpha value is -1.58. The lowest BCUT2D eigenvalue weighted by atomic mass is 9.84. The first kappa shape index (κ1) is 14.0. The van der Waals surface area contributed by atoms with Crippen molar-refractivity contribution in [1.82, 2.24) is 10.2 Å². The van der Waals surface area contributed by atoms with Crippen molar-refractivity contribution in [3.63, 3.8) is 0 Å². The maximum Gasteiger partial charge on any atom is 0.252 e. The van der Waals surface area contributed by atoms with E-state index in [4.69, 9.17) is 11.6 Å². The lowest BCUT2D eigenvalue weighted by Gasteiger charge is -2.44. The Kier molecular flexibility index (Phi) is 3.55. The molecule has 1 atom stereocenters. The van der Waals surface area contributed by atoms with E-state index in [0.29, 0.717) is 10.9 Å². The predicted octanol–water partition coefficient (Wildman–Crippen LogP) is 3.32. The fourth-order valence-corrected chi connectivity index (χ4v) is 4.08. The largest absolute Gasteiger partial charge is 0.348 e. The summed E-state index contributed by atoms with van der Waals surface area (Å²) in [7, 11) is 0. The first-order valence-corrected chi connectivity index (χ1v) is 8.30. The summed E-state index contributed by atoms with van der Waals surface area (Å²) in [6.07, 6.45) is 2.40. The molecule has 2 aromatic rings. The number of rotatable bonds is 2. The molecule has 3 aliphatic rings. The van der Waals surface area contributed by atoms with Gasteiger partial charge in [0.1, 0.15) is 0 Å². The van der Waals surface area contributed by atoms with Gasteiger partial charge in [0, 0.05) is 28.6 Å². The molecule has 0 aromatic heterocycles. The van der Waals surface area contributed by atoms with Gasteiger partial charge in [-0.25, -0.2) is 0 Å². The maximum atomic E-state index is 12.7. The van der Waals surface area contributed by atoms with Crippen LogP contribution in [0.25, 0.3) is 10.8 Å². The van der Waals surface area contributed by atoms with E-state index in [1.165, 1.54) is 25.9 Å². The van der Waals surface area contributed by atoms with Gasteiger partial charge in [0.15, 0.2) is 0 Å². The second-order valence-corrected chi connectivity index (χ2v) is 6.77. The van der Waals surface area contributed by atoms with E-state index in [1.54, 1.807) is 0 Å². The van der Waals surface area contributed by atoms with Crippen molar-refractivity contribution in [3.8, 4) is 0 Å². The van der Waals surface area contributed by atoms with Crippen molar-refractivity contribution >= 4 is 28.3 Å². The second kappa shape index (κ2) is 5.56. The Bertz CT molecular complexity index is 722. The van der Waals surface area contributed by atoms with Gasteiger partial charge in [0.05, 0.1) is 0 Å². The molecule has 3 saturated heterocycles. The normalized spacial score (nSPS) is 27.0. The highest BCUT2D eigenvalue weighted by Gasteiger charge is 2.35. The van der Waals surface area contributed by atoms with Gasteiger partial charge >= 0.3 is 0 Å². The first-order valence-electron chi connectivity index (χ1n) is 7.93. The molecule has 3 aliphatic heterocycles. The Morgan fingerprint density at radius 2 is 1.82 bits per heavy atom. The van der Waals surface area contributed by atoms with E-state index in [9.17, 15) is 4.79 Å². The molecule has 2 aromatic carbocycles. The third kappa shape index (κ3) is 2.38. The Morgan fingerprint density at radius 3 is 2.55 bits per heavy atom. The molecule has 3 fully saturated rings. The molecule has 0 radical (unpaired) electrons. The number of carbonyl (C=O) groups excluding carboxylic acids is 1. The second-order valence-electron chi connectivity index (χ2n) is 6.36. The first-order chi connectivity index (χ1) is 10.7. The summed E-state index contributed by atoms with van der Waals surface area (Å²) in [5.74, 6) is 0.652. The van der Waals surface area contributed by atoms with Crippen molar-refractivity contribution in [2.45, 2.75) is 18.9 Å². The fraction of sp³-hybridized carbons (Fsp3) is 0.389. The highest BCUT2D eigenvalue weighted by atomic mass is 35.5. The van der Waals surface area contributed by atoms with Crippen LogP contribution in [-0.2, 0) is 0 Å². The maximum absolute atomic E-state index is 12.7. The third-order valence-electron chi connectivity index (χ3n) is 5.09. The molecular weight excluding hydrogens is 296 g/mol. The van der Waals surface area contributed by atoms with Crippen LogP contribution in [0.1, 0.15) is 23.2 Å².